The van der Waals surface area contributed by atoms with E-state index in [9.17, 15) is 31.2 Å². The maximum Gasteiger partial charge on any atom is 0.416 e. The van der Waals surface area contributed by atoms with E-state index >= 15 is 0 Å². The maximum absolute atomic E-state index is 13.8. The van der Waals surface area contributed by atoms with E-state index < -0.39 is 50.3 Å². The van der Waals surface area contributed by atoms with Crippen LogP contribution >= 0.6 is 23.2 Å². The number of aromatic nitrogens is 1. The molecule has 1 aromatic heterocycles. The van der Waals surface area contributed by atoms with Crippen LogP contribution in [0.3, 0.4) is 0 Å². The first-order chi connectivity index (χ1) is 19.5. The van der Waals surface area contributed by atoms with Crippen LogP contribution in [0.2, 0.25) is 10.0 Å². The Bertz CT molecular complexity index is 1630. The zero-order valence-electron chi connectivity index (χ0n) is 22.4. The van der Waals surface area contributed by atoms with E-state index in [1.807, 2.05) is 0 Å². The molecule has 0 saturated heterocycles. The van der Waals surface area contributed by atoms with Gasteiger partial charge in [-0.05, 0) is 57.2 Å². The third-order valence-corrected chi connectivity index (χ3v) is 8.37. The van der Waals surface area contributed by atoms with E-state index in [4.69, 9.17) is 27.9 Å². The predicted molar refractivity (Wildman–Crippen MR) is 151 cm³/mol. The fraction of sp³-hybridized carbons (Fsp3) is 0.296. The molecule has 42 heavy (non-hydrogen) atoms. The van der Waals surface area contributed by atoms with Gasteiger partial charge >= 0.3 is 12.3 Å². The number of anilines is 2. The summed E-state index contributed by atoms with van der Waals surface area (Å²) in [4.78, 5) is 29.1. The van der Waals surface area contributed by atoms with Gasteiger partial charge < -0.3 is 15.4 Å². The highest BCUT2D eigenvalue weighted by Gasteiger charge is 2.38. The van der Waals surface area contributed by atoms with Crippen LogP contribution in [0.5, 0.6) is 0 Å². The molecule has 1 aliphatic rings. The maximum atomic E-state index is 13.8. The van der Waals surface area contributed by atoms with Crippen LogP contribution in [0, 0.1) is 0 Å². The highest BCUT2D eigenvalue weighted by atomic mass is 35.5. The second-order valence-corrected chi connectivity index (χ2v) is 13.0. The van der Waals surface area contributed by atoms with E-state index in [2.05, 4.69) is 15.6 Å². The molecule has 1 atom stereocenters. The molecule has 2 aromatic carbocycles. The molecule has 9 nitrogen and oxygen atoms in total. The molecular formula is C27H25Cl2F3N4O5S. The number of pyridine rings is 1. The van der Waals surface area contributed by atoms with Crippen molar-refractivity contribution >= 4 is 56.6 Å². The first-order valence-corrected chi connectivity index (χ1v) is 14.6. The van der Waals surface area contributed by atoms with Gasteiger partial charge in [-0.25, -0.2) is 13.2 Å². The molecule has 1 unspecified atom stereocenters. The second-order valence-electron chi connectivity index (χ2n) is 10.3. The number of nitrogens with one attached hydrogen (secondary N) is 2. The van der Waals surface area contributed by atoms with E-state index in [1.165, 1.54) is 24.4 Å². The van der Waals surface area contributed by atoms with Crippen molar-refractivity contribution in [2.75, 3.05) is 16.2 Å². The van der Waals surface area contributed by atoms with E-state index in [0.29, 0.717) is 6.07 Å². The number of sulfonamides is 1. The van der Waals surface area contributed by atoms with Crippen molar-refractivity contribution in [1.82, 2.24) is 10.3 Å². The van der Waals surface area contributed by atoms with Gasteiger partial charge in [0.05, 0.1) is 61.9 Å². The lowest BCUT2D eigenvalue weighted by Gasteiger charge is -2.35. The minimum Gasteiger partial charge on any atom is -0.444 e. The summed E-state index contributed by atoms with van der Waals surface area (Å²) in [6, 6.07) is 8.27. The number of rotatable bonds is 5. The van der Waals surface area contributed by atoms with Gasteiger partial charge in [0.15, 0.2) is 0 Å². The monoisotopic (exact) mass is 644 g/mol. The Morgan fingerprint density at radius 2 is 1.69 bits per heavy atom. The average molecular weight is 645 g/mol. The lowest BCUT2D eigenvalue weighted by atomic mass is 10.0. The number of hydrogen-bond acceptors (Lipinski definition) is 6. The SMILES string of the molecule is CC(C)(C)OC(=O)NC1Cc2ncc(NC(=O)c3c(Cl)cccc3Cl)cc2N(S(=O)(=O)c2cccc(C(F)(F)F)c2)C1. The fourth-order valence-corrected chi connectivity index (χ4v) is 6.33. The Hall–Kier alpha value is -3.55. The molecular weight excluding hydrogens is 620 g/mol. The summed E-state index contributed by atoms with van der Waals surface area (Å²) in [6.45, 7) is 4.60. The van der Waals surface area contributed by atoms with Crippen LogP contribution in [0.4, 0.5) is 29.3 Å². The number of carbonyl (C=O) groups is 2. The van der Waals surface area contributed by atoms with Gasteiger partial charge in [0.2, 0.25) is 0 Å². The molecule has 0 fully saturated rings. The molecule has 0 bridgehead atoms. The Labute approximate surface area is 250 Å². The number of ether oxygens (including phenoxy) is 1. The number of alkyl carbamates (subject to hydrolysis) is 1. The zero-order chi connectivity index (χ0) is 31.0. The first-order valence-electron chi connectivity index (χ1n) is 12.4. The Balaban J connectivity index is 1.74. The van der Waals surface area contributed by atoms with Crippen molar-refractivity contribution in [2.45, 2.75) is 49.9 Å². The zero-order valence-corrected chi connectivity index (χ0v) is 24.7. The molecule has 224 valence electrons. The largest absolute Gasteiger partial charge is 0.444 e. The summed E-state index contributed by atoms with van der Waals surface area (Å²) in [5.41, 5.74) is -1.74. The highest BCUT2D eigenvalue weighted by Crippen LogP contribution is 2.36. The molecule has 4 rings (SSSR count). The number of fused-ring (bicyclic) bond motifs is 1. The van der Waals surface area contributed by atoms with Gasteiger partial charge in [0.1, 0.15) is 5.60 Å². The molecule has 3 aromatic rings. The van der Waals surface area contributed by atoms with Crippen molar-refractivity contribution in [1.29, 1.82) is 0 Å². The van der Waals surface area contributed by atoms with Crippen LogP contribution in [-0.2, 0) is 27.4 Å². The molecule has 2 amide bonds. The summed E-state index contributed by atoms with van der Waals surface area (Å²) in [5, 5.41) is 5.33. The van der Waals surface area contributed by atoms with Gasteiger partial charge in [-0.3, -0.25) is 14.1 Å². The molecule has 2 heterocycles. The molecule has 0 radical (unpaired) electrons. The minimum absolute atomic E-state index is 0.00212. The van der Waals surface area contributed by atoms with Crippen LogP contribution < -0.4 is 14.9 Å². The third kappa shape index (κ3) is 7.08. The highest BCUT2D eigenvalue weighted by molar-refractivity contribution is 7.92. The summed E-state index contributed by atoms with van der Waals surface area (Å²) in [6.07, 6.45) is -4.27. The third-order valence-electron chi connectivity index (χ3n) is 5.96. The Morgan fingerprint density at radius 3 is 2.31 bits per heavy atom. The molecule has 1 aliphatic heterocycles. The van der Waals surface area contributed by atoms with E-state index in [1.54, 1.807) is 26.8 Å². The number of carbonyl (C=O) groups excluding carboxylic acids is 2. The standard InChI is InChI=1S/C27H25Cl2F3N4O5S/c1-26(2,3)41-25(38)35-17-11-21-22(12-16(13-33-21)34-24(37)23-19(28)8-5-9-20(23)29)36(14-17)42(39,40)18-7-4-6-15(10-18)27(30,31)32/h4-10,12-13,17H,11,14H2,1-3H3,(H,34,37)(H,35,38). The lowest BCUT2D eigenvalue weighted by molar-refractivity contribution is -0.137. The number of halogens is 5. The average Bonchev–Trinajstić information content (AvgIpc) is 2.86. The molecule has 15 heteroatoms. The summed E-state index contributed by atoms with van der Waals surface area (Å²) in [5.74, 6) is -0.695. The van der Waals surface area contributed by atoms with Crippen molar-refractivity contribution in [3.8, 4) is 0 Å². The number of alkyl halides is 3. The minimum atomic E-state index is -4.79. The van der Waals surface area contributed by atoms with Gasteiger partial charge in [0.25, 0.3) is 15.9 Å². The summed E-state index contributed by atoms with van der Waals surface area (Å²) in [7, 11) is -4.63. The summed E-state index contributed by atoms with van der Waals surface area (Å²) >= 11 is 12.3. The van der Waals surface area contributed by atoms with Crippen LogP contribution in [-0.4, -0.2) is 43.6 Å². The molecule has 0 spiro atoms. The van der Waals surface area contributed by atoms with Gasteiger partial charge in [0, 0.05) is 6.42 Å². The number of nitrogens with zero attached hydrogens (tertiary/aromatic N) is 2. The predicted octanol–water partition coefficient (Wildman–Crippen LogP) is 6.30. The number of benzene rings is 2. The van der Waals surface area contributed by atoms with Crippen LogP contribution in [0.1, 0.15) is 42.4 Å². The van der Waals surface area contributed by atoms with E-state index in [0.717, 1.165) is 22.5 Å². The molecule has 2 N–H and O–H groups in total. The van der Waals surface area contributed by atoms with Crippen molar-refractivity contribution < 1.29 is 35.9 Å². The van der Waals surface area contributed by atoms with Gasteiger partial charge in [-0.15, -0.1) is 0 Å². The van der Waals surface area contributed by atoms with Crippen molar-refractivity contribution in [3.63, 3.8) is 0 Å². The van der Waals surface area contributed by atoms with E-state index in [-0.39, 0.29) is 45.6 Å². The topological polar surface area (TPSA) is 118 Å². The molecule has 0 saturated carbocycles. The lowest BCUT2D eigenvalue weighted by Crippen LogP contribution is -2.51. The Kier molecular flexibility index (Phi) is 8.68. The smallest absolute Gasteiger partial charge is 0.416 e. The summed E-state index contributed by atoms with van der Waals surface area (Å²) < 4.78 is 73.9. The van der Waals surface area contributed by atoms with Crippen LogP contribution in [0.25, 0.3) is 0 Å². The quantitative estimate of drug-likeness (QED) is 0.336. The van der Waals surface area contributed by atoms with Crippen molar-refractivity contribution in [3.05, 3.63) is 81.6 Å². The number of amides is 2. The van der Waals surface area contributed by atoms with Crippen LogP contribution in [0.15, 0.2) is 59.6 Å². The van der Waals surface area contributed by atoms with Crippen molar-refractivity contribution in [2.24, 2.45) is 0 Å². The molecule has 0 aliphatic carbocycles. The first kappa shape index (κ1) is 31.4. The van der Waals surface area contributed by atoms with Gasteiger partial charge in [-0.1, -0.05) is 35.3 Å². The normalized spacial score (nSPS) is 15.5. The fourth-order valence-electron chi connectivity index (χ4n) is 4.19. The number of hydrogen-bond donors (Lipinski definition) is 2. The van der Waals surface area contributed by atoms with Gasteiger partial charge in [-0.2, -0.15) is 13.2 Å². The second kappa shape index (κ2) is 11.6. The Morgan fingerprint density at radius 1 is 1.05 bits per heavy atom.